The van der Waals surface area contributed by atoms with Crippen LogP contribution in [0.5, 0.6) is 0 Å². The molecular weight excluding hydrogens is 106 g/mol. The van der Waals surface area contributed by atoms with Crippen molar-refractivity contribution in [2.24, 2.45) is 0 Å². The van der Waals surface area contributed by atoms with Crippen molar-refractivity contribution in [3.63, 3.8) is 0 Å². The zero-order valence-corrected chi connectivity index (χ0v) is 4.72. The average molecular weight is 115 g/mol. The zero-order valence-electron chi connectivity index (χ0n) is 4.72. The molecule has 1 unspecified atom stereocenters. The standard InChI is InChI=1S/C5H9NO2/c1-4-2-6-5(3-7)8-4/h2,5-7H,3H2,1H3. The van der Waals surface area contributed by atoms with Gasteiger partial charge in [0, 0.05) is 6.20 Å². The van der Waals surface area contributed by atoms with E-state index in [0.717, 1.165) is 5.76 Å². The highest BCUT2D eigenvalue weighted by atomic mass is 16.5. The van der Waals surface area contributed by atoms with Crippen molar-refractivity contribution in [3.05, 3.63) is 12.0 Å². The molecule has 2 N–H and O–H groups in total. The van der Waals surface area contributed by atoms with Crippen LogP contribution in [0.25, 0.3) is 0 Å². The quantitative estimate of drug-likeness (QED) is 0.496. The number of hydrogen-bond acceptors (Lipinski definition) is 3. The molecule has 0 spiro atoms. The van der Waals surface area contributed by atoms with Gasteiger partial charge in [0.1, 0.15) is 5.76 Å². The van der Waals surface area contributed by atoms with Crippen LogP contribution in [-0.4, -0.2) is 17.9 Å². The molecule has 0 amide bonds. The van der Waals surface area contributed by atoms with Crippen molar-refractivity contribution >= 4 is 0 Å². The van der Waals surface area contributed by atoms with Gasteiger partial charge in [-0.25, -0.2) is 0 Å². The van der Waals surface area contributed by atoms with E-state index in [1.165, 1.54) is 0 Å². The smallest absolute Gasteiger partial charge is 0.192 e. The summed E-state index contributed by atoms with van der Waals surface area (Å²) in [6.07, 6.45) is 1.52. The molecule has 0 aliphatic carbocycles. The molecule has 0 aromatic rings. The summed E-state index contributed by atoms with van der Waals surface area (Å²) in [7, 11) is 0. The zero-order chi connectivity index (χ0) is 5.98. The van der Waals surface area contributed by atoms with E-state index in [2.05, 4.69) is 5.32 Å². The first-order valence-electron chi connectivity index (χ1n) is 2.53. The minimum absolute atomic E-state index is 0.0217. The Morgan fingerprint density at radius 2 is 2.75 bits per heavy atom. The molecule has 1 heterocycles. The number of rotatable bonds is 1. The van der Waals surface area contributed by atoms with Crippen LogP contribution in [0, 0.1) is 0 Å². The van der Waals surface area contributed by atoms with Crippen LogP contribution in [0.4, 0.5) is 0 Å². The molecule has 1 atom stereocenters. The molecule has 1 aliphatic heterocycles. The fourth-order valence-electron chi connectivity index (χ4n) is 0.593. The molecule has 46 valence electrons. The lowest BCUT2D eigenvalue weighted by Gasteiger charge is -2.06. The maximum absolute atomic E-state index is 8.46. The maximum atomic E-state index is 8.46. The highest BCUT2D eigenvalue weighted by molar-refractivity contribution is 4.93. The van der Waals surface area contributed by atoms with E-state index in [1.54, 1.807) is 6.20 Å². The van der Waals surface area contributed by atoms with Gasteiger partial charge in [-0.15, -0.1) is 0 Å². The van der Waals surface area contributed by atoms with Crippen LogP contribution in [0.1, 0.15) is 6.92 Å². The van der Waals surface area contributed by atoms with Crippen molar-refractivity contribution in [2.75, 3.05) is 6.61 Å². The molecule has 0 saturated carbocycles. The Hall–Kier alpha value is -0.700. The summed E-state index contributed by atoms with van der Waals surface area (Å²) in [5, 5.41) is 11.3. The van der Waals surface area contributed by atoms with Gasteiger partial charge < -0.3 is 15.2 Å². The van der Waals surface area contributed by atoms with Gasteiger partial charge in [-0.3, -0.25) is 0 Å². The Morgan fingerprint density at radius 3 is 3.00 bits per heavy atom. The third-order valence-electron chi connectivity index (χ3n) is 0.966. The van der Waals surface area contributed by atoms with Crippen molar-refractivity contribution in [3.8, 4) is 0 Å². The number of hydrogen-bond donors (Lipinski definition) is 2. The van der Waals surface area contributed by atoms with Crippen LogP contribution in [0.3, 0.4) is 0 Å². The first kappa shape index (κ1) is 5.44. The Labute approximate surface area is 48.0 Å². The lowest BCUT2D eigenvalue weighted by Crippen LogP contribution is -2.24. The molecule has 0 fully saturated rings. The normalized spacial score (nSPS) is 26.2. The van der Waals surface area contributed by atoms with Crippen LogP contribution in [0.15, 0.2) is 12.0 Å². The summed E-state index contributed by atoms with van der Waals surface area (Å²) in [4.78, 5) is 0. The first-order chi connectivity index (χ1) is 3.83. The van der Waals surface area contributed by atoms with Gasteiger partial charge >= 0.3 is 0 Å². The fourth-order valence-corrected chi connectivity index (χ4v) is 0.593. The Balaban J connectivity index is 2.32. The van der Waals surface area contributed by atoms with E-state index in [9.17, 15) is 0 Å². The molecular formula is C5H9NO2. The van der Waals surface area contributed by atoms with E-state index in [1.807, 2.05) is 6.92 Å². The summed E-state index contributed by atoms with van der Waals surface area (Å²) in [6.45, 7) is 1.86. The predicted octanol–water partition coefficient (Wildman–Crippen LogP) is -0.214. The Kier molecular flexibility index (Phi) is 1.39. The van der Waals surface area contributed by atoms with E-state index in [-0.39, 0.29) is 12.8 Å². The highest BCUT2D eigenvalue weighted by Gasteiger charge is 2.10. The largest absolute Gasteiger partial charge is 0.471 e. The van der Waals surface area contributed by atoms with Crippen molar-refractivity contribution < 1.29 is 9.84 Å². The Bertz CT molecular complexity index is 111. The summed E-state index contributed by atoms with van der Waals surface area (Å²) in [5.41, 5.74) is 0. The van der Waals surface area contributed by atoms with Crippen molar-refractivity contribution in [1.29, 1.82) is 0 Å². The molecule has 3 heteroatoms. The molecule has 0 aromatic carbocycles. The van der Waals surface area contributed by atoms with Gasteiger partial charge in [-0.05, 0) is 6.92 Å². The van der Waals surface area contributed by atoms with Crippen molar-refractivity contribution in [2.45, 2.75) is 13.2 Å². The van der Waals surface area contributed by atoms with Crippen LogP contribution in [-0.2, 0) is 4.74 Å². The van der Waals surface area contributed by atoms with Gasteiger partial charge in [0.05, 0.1) is 6.61 Å². The molecule has 1 aliphatic rings. The van der Waals surface area contributed by atoms with Crippen LogP contribution < -0.4 is 5.32 Å². The number of aliphatic hydroxyl groups excluding tert-OH is 1. The second-order valence-electron chi connectivity index (χ2n) is 1.71. The summed E-state index contributed by atoms with van der Waals surface area (Å²) in [5.74, 6) is 0.823. The second-order valence-corrected chi connectivity index (χ2v) is 1.71. The van der Waals surface area contributed by atoms with Gasteiger partial charge in [0.15, 0.2) is 6.23 Å². The molecule has 3 nitrogen and oxygen atoms in total. The SMILES string of the molecule is CC1=CNC(CO)O1. The summed E-state index contributed by atoms with van der Waals surface area (Å²) >= 11 is 0. The maximum Gasteiger partial charge on any atom is 0.192 e. The topological polar surface area (TPSA) is 41.5 Å². The predicted molar refractivity (Wildman–Crippen MR) is 28.9 cm³/mol. The third-order valence-corrected chi connectivity index (χ3v) is 0.966. The fraction of sp³-hybridized carbons (Fsp3) is 0.600. The second kappa shape index (κ2) is 2.05. The van der Waals surface area contributed by atoms with Gasteiger partial charge in [-0.2, -0.15) is 0 Å². The summed E-state index contributed by atoms with van der Waals surface area (Å²) < 4.78 is 5.01. The van der Waals surface area contributed by atoms with E-state index >= 15 is 0 Å². The minimum atomic E-state index is -0.213. The lowest BCUT2D eigenvalue weighted by atomic mass is 10.6. The molecule has 0 radical (unpaired) electrons. The molecule has 0 saturated heterocycles. The molecule has 0 aromatic heterocycles. The highest BCUT2D eigenvalue weighted by Crippen LogP contribution is 2.04. The van der Waals surface area contributed by atoms with Gasteiger partial charge in [-0.1, -0.05) is 0 Å². The molecule has 0 bridgehead atoms. The minimum Gasteiger partial charge on any atom is -0.471 e. The molecule has 1 rings (SSSR count). The van der Waals surface area contributed by atoms with Gasteiger partial charge in [0.2, 0.25) is 0 Å². The van der Waals surface area contributed by atoms with Crippen LogP contribution in [0.2, 0.25) is 0 Å². The Morgan fingerprint density at radius 1 is 2.00 bits per heavy atom. The van der Waals surface area contributed by atoms with Gasteiger partial charge in [0.25, 0.3) is 0 Å². The number of aliphatic hydroxyl groups is 1. The number of nitrogens with one attached hydrogen (secondary N) is 1. The first-order valence-corrected chi connectivity index (χ1v) is 2.53. The third kappa shape index (κ3) is 0.924. The summed E-state index contributed by atoms with van der Waals surface area (Å²) in [6, 6.07) is 0. The average Bonchev–Trinajstić information content (AvgIpc) is 2.14. The van der Waals surface area contributed by atoms with Crippen molar-refractivity contribution in [1.82, 2.24) is 5.32 Å². The van der Waals surface area contributed by atoms with E-state index < -0.39 is 0 Å². The van der Waals surface area contributed by atoms with E-state index in [0.29, 0.717) is 0 Å². The van der Waals surface area contributed by atoms with E-state index in [4.69, 9.17) is 9.84 Å². The number of ether oxygens (including phenoxy) is 1. The number of allylic oxidation sites excluding steroid dienone is 1. The van der Waals surface area contributed by atoms with Crippen LogP contribution >= 0.6 is 0 Å². The monoisotopic (exact) mass is 115 g/mol. The lowest BCUT2D eigenvalue weighted by molar-refractivity contribution is 0.0671. The molecule has 8 heavy (non-hydrogen) atoms.